The molecule has 36 heavy (non-hydrogen) atoms. The molecule has 0 spiro atoms. The van der Waals surface area contributed by atoms with Crippen LogP contribution in [0, 0.1) is 22.7 Å². The Morgan fingerprint density at radius 2 is 0.889 bits per heavy atom. The van der Waals surface area contributed by atoms with E-state index in [2.05, 4.69) is 82.8 Å². The first-order valence-electron chi connectivity index (χ1n) is 11.6. The largest absolute Gasteiger partial charge is 0.256 e. The number of aromatic nitrogens is 2. The molecule has 7 rings (SSSR count). The van der Waals surface area contributed by atoms with Gasteiger partial charge in [0.2, 0.25) is 0 Å². The van der Waals surface area contributed by atoms with E-state index in [0.29, 0.717) is 11.1 Å². The van der Waals surface area contributed by atoms with Gasteiger partial charge in [-0.05, 0) is 67.4 Å². The molecule has 0 N–H and O–H groups in total. The first kappa shape index (κ1) is 20.1. The van der Waals surface area contributed by atoms with Crippen molar-refractivity contribution in [1.29, 1.82) is 10.5 Å². The van der Waals surface area contributed by atoms with Crippen LogP contribution in [0.1, 0.15) is 11.1 Å². The summed E-state index contributed by atoms with van der Waals surface area (Å²) in [4.78, 5) is 9.14. The molecule has 2 heterocycles. The van der Waals surface area contributed by atoms with E-state index >= 15 is 0 Å². The van der Waals surface area contributed by atoms with Crippen molar-refractivity contribution >= 4 is 43.1 Å². The second-order valence-electron chi connectivity index (χ2n) is 8.86. The summed E-state index contributed by atoms with van der Waals surface area (Å²) in [6, 6.07) is 32.9. The first-order valence-corrected chi connectivity index (χ1v) is 11.6. The minimum Gasteiger partial charge on any atom is -0.256 e. The van der Waals surface area contributed by atoms with Crippen LogP contribution < -0.4 is 0 Å². The summed E-state index contributed by atoms with van der Waals surface area (Å²) in [6.07, 6.45) is 3.38. The molecule has 0 aliphatic rings. The number of hydrogen-bond donors (Lipinski definition) is 0. The maximum absolute atomic E-state index is 9.39. The highest BCUT2D eigenvalue weighted by Gasteiger charge is 2.17. The highest BCUT2D eigenvalue weighted by atomic mass is 14.7. The molecule has 2 aromatic heterocycles. The van der Waals surface area contributed by atoms with Crippen LogP contribution in [-0.2, 0) is 0 Å². The van der Waals surface area contributed by atoms with E-state index < -0.39 is 0 Å². The van der Waals surface area contributed by atoms with Crippen molar-refractivity contribution in [2.24, 2.45) is 0 Å². The number of benzene rings is 5. The molecule has 0 bridgehead atoms. The van der Waals surface area contributed by atoms with Gasteiger partial charge in [-0.15, -0.1) is 0 Å². The van der Waals surface area contributed by atoms with Gasteiger partial charge in [-0.1, -0.05) is 60.7 Å². The van der Waals surface area contributed by atoms with Gasteiger partial charge in [-0.2, -0.15) is 10.5 Å². The van der Waals surface area contributed by atoms with Crippen LogP contribution in [0.15, 0.2) is 97.3 Å². The second kappa shape index (κ2) is 7.60. The highest BCUT2D eigenvalue weighted by molar-refractivity contribution is 6.35. The van der Waals surface area contributed by atoms with E-state index in [1.54, 1.807) is 24.5 Å². The minimum atomic E-state index is 0.595. The fourth-order valence-corrected chi connectivity index (χ4v) is 5.45. The third-order valence-electron chi connectivity index (χ3n) is 6.99. The van der Waals surface area contributed by atoms with Gasteiger partial charge in [0.05, 0.1) is 34.7 Å². The van der Waals surface area contributed by atoms with E-state index in [9.17, 15) is 10.5 Å². The molecule has 7 aromatic rings. The molecule has 4 heteroatoms. The Labute approximate surface area is 206 Å². The normalized spacial score (nSPS) is 11.3. The summed E-state index contributed by atoms with van der Waals surface area (Å²) in [5.41, 5.74) is 4.80. The van der Waals surface area contributed by atoms with Gasteiger partial charge in [-0.25, -0.2) is 0 Å². The SMILES string of the molecule is N#Cc1ccnc(-c2ccc3c4cccc5c(-c6cc(C#N)ccn6)ccc(c6cccc2c63)c54)c1. The molecule has 0 aliphatic heterocycles. The molecular weight excluding hydrogens is 440 g/mol. The molecule has 164 valence electrons. The summed E-state index contributed by atoms with van der Waals surface area (Å²) in [5, 5.41) is 28.1. The van der Waals surface area contributed by atoms with Crippen LogP contribution in [0.3, 0.4) is 0 Å². The topological polar surface area (TPSA) is 73.4 Å². The first-order chi connectivity index (χ1) is 17.8. The third kappa shape index (κ3) is 2.79. The number of fused-ring (bicyclic) bond motifs is 2. The van der Waals surface area contributed by atoms with Crippen LogP contribution in [-0.4, -0.2) is 9.97 Å². The van der Waals surface area contributed by atoms with Crippen molar-refractivity contribution in [3.05, 3.63) is 108 Å². The van der Waals surface area contributed by atoms with Crippen molar-refractivity contribution in [1.82, 2.24) is 9.97 Å². The van der Waals surface area contributed by atoms with Crippen molar-refractivity contribution in [3.63, 3.8) is 0 Å². The fourth-order valence-electron chi connectivity index (χ4n) is 5.45. The quantitative estimate of drug-likeness (QED) is 0.198. The average molecular weight is 457 g/mol. The number of nitrogens with zero attached hydrogens (tertiary/aromatic N) is 4. The standard InChI is InChI=1S/C32H16N4/c33-17-19-11-13-35-29(15-19)21-7-10-28-26-6-2-4-24-22(30-16-20(18-34)12-14-36-30)8-9-27(32(24)26)25-5-1-3-23(21)31(25)28/h1-16H. The van der Waals surface area contributed by atoms with Gasteiger partial charge < -0.3 is 0 Å². The summed E-state index contributed by atoms with van der Waals surface area (Å²) in [5.74, 6) is 0. The monoisotopic (exact) mass is 456 g/mol. The lowest BCUT2D eigenvalue weighted by Gasteiger charge is -2.17. The number of nitriles is 2. The molecule has 0 amide bonds. The summed E-state index contributed by atoms with van der Waals surface area (Å²) < 4.78 is 0. The molecule has 0 radical (unpaired) electrons. The summed E-state index contributed by atoms with van der Waals surface area (Å²) in [7, 11) is 0. The molecule has 0 fully saturated rings. The van der Waals surface area contributed by atoms with Crippen molar-refractivity contribution in [3.8, 4) is 34.7 Å². The Morgan fingerprint density at radius 3 is 1.33 bits per heavy atom. The molecule has 0 unspecified atom stereocenters. The fraction of sp³-hybridized carbons (Fsp3) is 0. The minimum absolute atomic E-state index is 0.595. The van der Waals surface area contributed by atoms with Gasteiger partial charge in [0.25, 0.3) is 0 Å². The van der Waals surface area contributed by atoms with Crippen LogP contribution in [0.5, 0.6) is 0 Å². The zero-order valence-electron chi connectivity index (χ0n) is 19.0. The lowest BCUT2D eigenvalue weighted by molar-refractivity contribution is 1.31. The summed E-state index contributed by atoms with van der Waals surface area (Å²) in [6.45, 7) is 0. The number of hydrogen-bond acceptors (Lipinski definition) is 4. The van der Waals surface area contributed by atoms with Crippen LogP contribution in [0.4, 0.5) is 0 Å². The number of rotatable bonds is 2. The molecule has 5 aromatic carbocycles. The smallest absolute Gasteiger partial charge is 0.0992 e. The van der Waals surface area contributed by atoms with Crippen molar-refractivity contribution < 1.29 is 0 Å². The Bertz CT molecular complexity index is 1910. The average Bonchev–Trinajstić information content (AvgIpc) is 2.95. The Hall–Kier alpha value is -5.32. The Morgan fingerprint density at radius 1 is 0.472 bits per heavy atom. The molecule has 4 nitrogen and oxygen atoms in total. The zero-order chi connectivity index (χ0) is 24.2. The van der Waals surface area contributed by atoms with E-state index in [1.165, 1.54) is 32.3 Å². The lowest BCUT2D eigenvalue weighted by Crippen LogP contribution is -1.92. The van der Waals surface area contributed by atoms with Gasteiger partial charge in [-0.3, -0.25) is 9.97 Å². The molecule has 0 atom stereocenters. The van der Waals surface area contributed by atoms with Crippen LogP contribution >= 0.6 is 0 Å². The molecule has 0 aliphatic carbocycles. The van der Waals surface area contributed by atoms with E-state index in [0.717, 1.165) is 33.3 Å². The molecule has 0 saturated carbocycles. The van der Waals surface area contributed by atoms with Gasteiger partial charge in [0.15, 0.2) is 0 Å². The Kier molecular flexibility index (Phi) is 4.24. The maximum atomic E-state index is 9.39. The van der Waals surface area contributed by atoms with Crippen LogP contribution in [0.2, 0.25) is 0 Å². The zero-order valence-corrected chi connectivity index (χ0v) is 19.0. The lowest BCUT2D eigenvalue weighted by atomic mass is 9.86. The maximum Gasteiger partial charge on any atom is 0.0992 e. The Balaban J connectivity index is 1.60. The van der Waals surface area contributed by atoms with Crippen molar-refractivity contribution in [2.45, 2.75) is 0 Å². The third-order valence-corrected chi connectivity index (χ3v) is 6.99. The van der Waals surface area contributed by atoms with Gasteiger partial charge in [0, 0.05) is 23.5 Å². The van der Waals surface area contributed by atoms with E-state index in [4.69, 9.17) is 0 Å². The van der Waals surface area contributed by atoms with Crippen LogP contribution in [0.25, 0.3) is 65.6 Å². The predicted octanol–water partition coefficient (Wildman–Crippen LogP) is 7.60. The second-order valence-corrected chi connectivity index (χ2v) is 8.86. The van der Waals surface area contributed by atoms with E-state index in [-0.39, 0.29) is 0 Å². The van der Waals surface area contributed by atoms with Gasteiger partial charge >= 0.3 is 0 Å². The molecular formula is C32H16N4. The summed E-state index contributed by atoms with van der Waals surface area (Å²) >= 11 is 0. The number of pyridine rings is 2. The predicted molar refractivity (Wildman–Crippen MR) is 144 cm³/mol. The van der Waals surface area contributed by atoms with Crippen molar-refractivity contribution in [2.75, 3.05) is 0 Å². The van der Waals surface area contributed by atoms with E-state index in [1.807, 2.05) is 12.1 Å². The highest BCUT2D eigenvalue weighted by Crippen LogP contribution is 2.44. The molecule has 0 saturated heterocycles. The van der Waals surface area contributed by atoms with Gasteiger partial charge in [0.1, 0.15) is 0 Å².